The van der Waals surface area contributed by atoms with Crippen molar-refractivity contribution in [3.63, 3.8) is 0 Å². The number of esters is 2. The predicted octanol–water partition coefficient (Wildman–Crippen LogP) is 14.2. The van der Waals surface area contributed by atoms with E-state index in [1.165, 1.54) is 180 Å². The number of hydrogen-bond acceptors (Lipinski definition) is 8. The van der Waals surface area contributed by atoms with Crippen LogP contribution in [0.5, 0.6) is 0 Å². The number of rotatable bonds is 46. The first-order valence-corrected chi connectivity index (χ1v) is 25.7. The average molecular weight is 830 g/mol. The van der Waals surface area contributed by atoms with Crippen LogP contribution in [0.2, 0.25) is 0 Å². The molecule has 0 heterocycles. The van der Waals surface area contributed by atoms with Gasteiger partial charge in [0.2, 0.25) is 0 Å². The van der Waals surface area contributed by atoms with Gasteiger partial charge in [-0.3, -0.25) is 18.6 Å². The molecule has 0 radical (unpaired) electrons. The van der Waals surface area contributed by atoms with Gasteiger partial charge in [0.25, 0.3) is 0 Å². The molecule has 0 aliphatic carbocycles. The van der Waals surface area contributed by atoms with Crippen LogP contribution < -0.4 is 5.73 Å². The molecule has 2 unspecified atom stereocenters. The van der Waals surface area contributed by atoms with Crippen molar-refractivity contribution in [2.75, 3.05) is 26.4 Å². The van der Waals surface area contributed by atoms with Crippen molar-refractivity contribution in [3.8, 4) is 0 Å². The summed E-state index contributed by atoms with van der Waals surface area (Å²) in [6.45, 7) is 3.71. The molecular weight excluding hydrogens is 737 g/mol. The topological polar surface area (TPSA) is 134 Å². The molecule has 0 bridgehead atoms. The summed E-state index contributed by atoms with van der Waals surface area (Å²) in [5, 5.41) is 0. The first-order valence-electron chi connectivity index (χ1n) is 24.2. The second-order valence-electron chi connectivity index (χ2n) is 16.3. The Hall–Kier alpha value is -1.25. The van der Waals surface area contributed by atoms with Crippen molar-refractivity contribution in [2.45, 2.75) is 251 Å². The Kier molecular flexibility index (Phi) is 43.3. The highest BCUT2D eigenvalue weighted by atomic mass is 31.2. The first kappa shape index (κ1) is 55.8. The summed E-state index contributed by atoms with van der Waals surface area (Å²) in [5.41, 5.74) is 5.34. The molecule has 2 atom stereocenters. The Labute approximate surface area is 351 Å². The SMILES string of the molecule is CCCCCCCCCC/C=C\CCCCCCCCCCCCCCCCCCCC(=O)OC(COC(=O)CCCCCCCCC)COP(=O)(O)OCCN. The van der Waals surface area contributed by atoms with Gasteiger partial charge in [-0.1, -0.05) is 206 Å². The maximum Gasteiger partial charge on any atom is 0.472 e. The van der Waals surface area contributed by atoms with E-state index >= 15 is 0 Å². The fourth-order valence-corrected chi connectivity index (χ4v) is 7.81. The van der Waals surface area contributed by atoms with E-state index in [2.05, 4.69) is 26.0 Å². The minimum atomic E-state index is -4.36. The van der Waals surface area contributed by atoms with E-state index in [1.807, 2.05) is 0 Å². The van der Waals surface area contributed by atoms with Crippen molar-refractivity contribution >= 4 is 19.8 Å². The molecule has 0 aromatic carbocycles. The summed E-state index contributed by atoms with van der Waals surface area (Å²) in [5.74, 6) is -0.824. The van der Waals surface area contributed by atoms with Crippen molar-refractivity contribution in [1.82, 2.24) is 0 Å². The van der Waals surface area contributed by atoms with E-state index in [1.54, 1.807) is 0 Å². The lowest BCUT2D eigenvalue weighted by atomic mass is 10.0. The lowest BCUT2D eigenvalue weighted by molar-refractivity contribution is -0.161. The van der Waals surface area contributed by atoms with E-state index in [4.69, 9.17) is 24.3 Å². The highest BCUT2D eigenvalue weighted by Crippen LogP contribution is 2.43. The summed E-state index contributed by atoms with van der Waals surface area (Å²) in [4.78, 5) is 34.7. The number of carbonyl (C=O) groups excluding carboxylic acids is 2. The number of ether oxygens (including phenoxy) is 2. The quantitative estimate of drug-likeness (QED) is 0.0266. The van der Waals surface area contributed by atoms with Gasteiger partial charge in [-0.25, -0.2) is 4.57 Å². The summed E-state index contributed by atoms with van der Waals surface area (Å²) in [7, 11) is -4.36. The first-order chi connectivity index (χ1) is 27.8. The van der Waals surface area contributed by atoms with Gasteiger partial charge < -0.3 is 20.1 Å². The zero-order valence-electron chi connectivity index (χ0n) is 37.3. The van der Waals surface area contributed by atoms with Gasteiger partial charge in [-0.05, 0) is 38.5 Å². The molecule has 0 amide bonds. The number of carbonyl (C=O) groups is 2. The molecule has 0 spiro atoms. The second kappa shape index (κ2) is 44.3. The third-order valence-electron chi connectivity index (χ3n) is 10.7. The van der Waals surface area contributed by atoms with Crippen LogP contribution in [0.4, 0.5) is 0 Å². The maximum atomic E-state index is 12.6. The second-order valence-corrected chi connectivity index (χ2v) is 17.8. The van der Waals surface area contributed by atoms with Crippen LogP contribution in [0, 0.1) is 0 Å². The van der Waals surface area contributed by atoms with E-state index in [-0.39, 0.29) is 38.6 Å². The van der Waals surface area contributed by atoms with Crippen LogP contribution in [0.1, 0.15) is 245 Å². The summed E-state index contributed by atoms with van der Waals surface area (Å²) >= 11 is 0. The van der Waals surface area contributed by atoms with Gasteiger partial charge in [-0.2, -0.15) is 0 Å². The average Bonchev–Trinajstić information content (AvgIpc) is 3.20. The van der Waals surface area contributed by atoms with Crippen LogP contribution in [-0.4, -0.2) is 49.3 Å². The molecule has 0 aromatic rings. The molecule has 0 aliphatic rings. The fraction of sp³-hybridized carbons (Fsp3) is 0.915. The normalized spacial score (nSPS) is 13.3. The maximum absolute atomic E-state index is 12.6. The van der Waals surface area contributed by atoms with Gasteiger partial charge in [0, 0.05) is 19.4 Å². The van der Waals surface area contributed by atoms with Gasteiger partial charge in [0.05, 0.1) is 13.2 Å². The standard InChI is InChI=1S/C47H92NO8P/c1-3-5-7-9-11-12-13-14-15-16-17-18-19-20-21-22-23-24-25-26-27-28-29-30-31-32-34-36-38-40-47(50)56-45(44-55-57(51,52)54-42-41-48)43-53-46(49)39-37-35-33-10-8-6-4-2/h16-17,45H,3-15,18-44,48H2,1-2H3,(H,51,52)/b17-16-. The van der Waals surface area contributed by atoms with Crippen molar-refractivity contribution < 1.29 is 37.6 Å². The fourth-order valence-electron chi connectivity index (χ4n) is 7.04. The molecule has 0 saturated carbocycles. The third kappa shape index (κ3) is 44.1. The van der Waals surface area contributed by atoms with Crippen LogP contribution in [0.25, 0.3) is 0 Å². The lowest BCUT2D eigenvalue weighted by Gasteiger charge is -2.19. The number of nitrogens with two attached hydrogens (primary N) is 1. The van der Waals surface area contributed by atoms with E-state index in [0.29, 0.717) is 6.42 Å². The van der Waals surface area contributed by atoms with E-state index < -0.39 is 26.5 Å². The summed E-state index contributed by atoms with van der Waals surface area (Å²) in [6.07, 6.45) is 47.2. The molecule has 0 rings (SSSR count). The van der Waals surface area contributed by atoms with E-state index in [0.717, 1.165) is 32.1 Å². The monoisotopic (exact) mass is 830 g/mol. The molecule has 0 aromatic heterocycles. The molecule has 9 nitrogen and oxygen atoms in total. The van der Waals surface area contributed by atoms with Crippen LogP contribution in [-0.2, 0) is 32.7 Å². The Morgan fingerprint density at radius 1 is 0.509 bits per heavy atom. The predicted molar refractivity (Wildman–Crippen MR) is 238 cm³/mol. The molecule has 10 heteroatoms. The van der Waals surface area contributed by atoms with Crippen LogP contribution >= 0.6 is 7.82 Å². The highest BCUT2D eigenvalue weighted by Gasteiger charge is 2.26. The molecule has 57 heavy (non-hydrogen) atoms. The van der Waals surface area contributed by atoms with Crippen LogP contribution in [0.15, 0.2) is 12.2 Å². The molecule has 0 saturated heterocycles. The number of phosphoric ester groups is 1. The summed E-state index contributed by atoms with van der Waals surface area (Å²) in [6, 6.07) is 0. The molecule has 0 aliphatic heterocycles. The smallest absolute Gasteiger partial charge is 0.462 e. The lowest BCUT2D eigenvalue weighted by Crippen LogP contribution is -2.29. The minimum Gasteiger partial charge on any atom is -0.462 e. The molecule has 3 N–H and O–H groups in total. The van der Waals surface area contributed by atoms with Gasteiger partial charge in [-0.15, -0.1) is 0 Å². The largest absolute Gasteiger partial charge is 0.472 e. The Bertz CT molecular complexity index is 948. The zero-order chi connectivity index (χ0) is 41.8. The Balaban J connectivity index is 3.80. The van der Waals surface area contributed by atoms with Crippen molar-refractivity contribution in [2.24, 2.45) is 5.73 Å². The number of allylic oxidation sites excluding steroid dienone is 2. The Morgan fingerprint density at radius 2 is 0.860 bits per heavy atom. The van der Waals surface area contributed by atoms with Gasteiger partial charge in [0.15, 0.2) is 6.10 Å². The number of hydrogen-bond donors (Lipinski definition) is 2. The third-order valence-corrected chi connectivity index (χ3v) is 11.6. The van der Waals surface area contributed by atoms with Crippen molar-refractivity contribution in [1.29, 1.82) is 0 Å². The number of unbranched alkanes of at least 4 members (excludes halogenated alkanes) is 31. The van der Waals surface area contributed by atoms with Gasteiger partial charge >= 0.3 is 19.8 Å². The van der Waals surface area contributed by atoms with Crippen LogP contribution in [0.3, 0.4) is 0 Å². The Morgan fingerprint density at radius 3 is 1.25 bits per heavy atom. The molecule has 0 fully saturated rings. The molecular formula is C47H92NO8P. The van der Waals surface area contributed by atoms with E-state index in [9.17, 15) is 19.0 Å². The van der Waals surface area contributed by atoms with Crippen molar-refractivity contribution in [3.05, 3.63) is 12.2 Å². The number of phosphoric acid groups is 1. The zero-order valence-corrected chi connectivity index (χ0v) is 38.2. The molecule has 338 valence electrons. The van der Waals surface area contributed by atoms with Gasteiger partial charge in [0.1, 0.15) is 6.61 Å². The highest BCUT2D eigenvalue weighted by molar-refractivity contribution is 7.47. The minimum absolute atomic E-state index is 0.0566. The summed E-state index contributed by atoms with van der Waals surface area (Å²) < 4.78 is 32.7.